The lowest BCUT2D eigenvalue weighted by atomic mass is 9.65. The summed E-state index contributed by atoms with van der Waals surface area (Å²) in [6.07, 6.45) is 1.99. The molecule has 5 rings (SSSR count). The summed E-state index contributed by atoms with van der Waals surface area (Å²) >= 11 is 0. The van der Waals surface area contributed by atoms with Gasteiger partial charge in [-0.15, -0.1) is 0 Å². The molecule has 2 aliphatic carbocycles. The van der Waals surface area contributed by atoms with Gasteiger partial charge < -0.3 is 18.9 Å². The summed E-state index contributed by atoms with van der Waals surface area (Å²) in [5.41, 5.74) is 1.70. The zero-order chi connectivity index (χ0) is 28.8. The van der Waals surface area contributed by atoms with Gasteiger partial charge in [0.05, 0.1) is 19.3 Å². The molecule has 0 aromatic heterocycles. The Balaban J connectivity index is 1.58. The number of esters is 1. The maximum atomic E-state index is 13.6. The van der Waals surface area contributed by atoms with E-state index in [4.69, 9.17) is 18.9 Å². The second-order valence-corrected chi connectivity index (χ2v) is 12.4. The lowest BCUT2D eigenvalue weighted by Gasteiger charge is -2.42. The Kier molecular flexibility index (Phi) is 7.11. The molecule has 0 N–H and O–H groups in total. The number of carbonyl (C=O) groups excluding carboxylic acids is 3. The summed E-state index contributed by atoms with van der Waals surface area (Å²) in [5.74, 6) is 1.34. The largest absolute Gasteiger partial charge is 0.497 e. The summed E-state index contributed by atoms with van der Waals surface area (Å²) in [4.78, 5) is 40.1. The molecule has 0 radical (unpaired) electrons. The summed E-state index contributed by atoms with van der Waals surface area (Å²) in [6.45, 7) is 10.4. The number of ether oxygens (including phenoxy) is 4. The first kappa shape index (κ1) is 27.7. The third kappa shape index (κ3) is 5.29. The van der Waals surface area contributed by atoms with Crippen LogP contribution in [0.1, 0.15) is 82.1 Å². The lowest BCUT2D eigenvalue weighted by Crippen LogP contribution is -2.37. The highest BCUT2D eigenvalue weighted by molar-refractivity contribution is 6.06. The number of hydrogen-bond acceptors (Lipinski definition) is 7. The first-order valence-corrected chi connectivity index (χ1v) is 13.7. The average Bonchev–Trinajstić information content (AvgIpc) is 2.87. The van der Waals surface area contributed by atoms with E-state index >= 15 is 0 Å². The molecule has 2 aromatic carbocycles. The Morgan fingerprint density at radius 1 is 0.875 bits per heavy atom. The van der Waals surface area contributed by atoms with Crippen molar-refractivity contribution < 1.29 is 33.3 Å². The molecule has 0 bridgehead atoms. The number of ketones is 2. The number of benzene rings is 2. The van der Waals surface area contributed by atoms with Gasteiger partial charge in [0.25, 0.3) is 0 Å². The molecule has 0 saturated heterocycles. The molecular formula is C33H36O7. The van der Waals surface area contributed by atoms with Crippen LogP contribution in [-0.4, -0.2) is 31.3 Å². The van der Waals surface area contributed by atoms with Crippen LogP contribution in [0.4, 0.5) is 0 Å². The van der Waals surface area contributed by atoms with Gasteiger partial charge in [0, 0.05) is 42.7 Å². The highest BCUT2D eigenvalue weighted by Crippen LogP contribution is 2.53. The quantitative estimate of drug-likeness (QED) is 0.295. The molecular weight excluding hydrogens is 508 g/mol. The van der Waals surface area contributed by atoms with Crippen molar-refractivity contribution in [3.63, 3.8) is 0 Å². The number of hydrogen-bond donors (Lipinski definition) is 0. The van der Waals surface area contributed by atoms with Gasteiger partial charge in [0.2, 0.25) is 0 Å². The molecule has 7 nitrogen and oxygen atoms in total. The molecule has 0 spiro atoms. The molecule has 210 valence electrons. The van der Waals surface area contributed by atoms with E-state index in [1.165, 1.54) is 7.11 Å². The van der Waals surface area contributed by atoms with E-state index in [1.54, 1.807) is 36.4 Å². The van der Waals surface area contributed by atoms with Crippen LogP contribution in [0.25, 0.3) is 0 Å². The molecule has 0 fully saturated rings. The predicted molar refractivity (Wildman–Crippen MR) is 149 cm³/mol. The Labute approximate surface area is 235 Å². The van der Waals surface area contributed by atoms with Crippen molar-refractivity contribution in [3.8, 4) is 17.2 Å². The number of Topliss-reactive ketones (excluding diaryl/α,β-unsaturated/α-hetero) is 2. The van der Waals surface area contributed by atoms with E-state index in [1.807, 2.05) is 13.0 Å². The number of allylic oxidation sites excluding steroid dienone is 4. The normalized spacial score (nSPS) is 19.9. The first-order valence-electron chi connectivity index (χ1n) is 13.7. The third-order valence-corrected chi connectivity index (χ3v) is 7.69. The Hall–Kier alpha value is -3.87. The minimum atomic E-state index is -0.562. The molecule has 2 aromatic rings. The van der Waals surface area contributed by atoms with Gasteiger partial charge in [0.1, 0.15) is 17.3 Å². The molecule has 0 amide bonds. The van der Waals surface area contributed by atoms with Crippen LogP contribution in [0, 0.1) is 10.8 Å². The van der Waals surface area contributed by atoms with Gasteiger partial charge in [-0.3, -0.25) is 9.59 Å². The van der Waals surface area contributed by atoms with Gasteiger partial charge in [-0.1, -0.05) is 39.8 Å². The maximum Gasteiger partial charge on any atom is 0.343 e. The average molecular weight is 545 g/mol. The standard InChI is InChI=1S/C33H36O7/c1-7-38-25-14-19(11-12-24(25)40-31(36)20-9-8-10-21(13-20)37-6)28-29-22(34)15-32(2,3)17-26(29)39-27-18-33(4,5)16-23(35)30(27)28/h8-14,28H,7,15-18H2,1-6H3. The van der Waals surface area contributed by atoms with Gasteiger partial charge in [0.15, 0.2) is 23.1 Å². The molecule has 0 unspecified atom stereocenters. The zero-order valence-corrected chi connectivity index (χ0v) is 24.0. The minimum Gasteiger partial charge on any atom is -0.497 e. The van der Waals surface area contributed by atoms with Crippen LogP contribution in [0.15, 0.2) is 65.1 Å². The monoisotopic (exact) mass is 544 g/mol. The van der Waals surface area contributed by atoms with Crippen LogP contribution < -0.4 is 14.2 Å². The van der Waals surface area contributed by atoms with Gasteiger partial charge in [-0.25, -0.2) is 4.79 Å². The second kappa shape index (κ2) is 10.3. The van der Waals surface area contributed by atoms with Crippen molar-refractivity contribution >= 4 is 17.5 Å². The topological polar surface area (TPSA) is 88.1 Å². The molecule has 40 heavy (non-hydrogen) atoms. The number of methoxy groups -OCH3 is 1. The summed E-state index contributed by atoms with van der Waals surface area (Å²) in [6, 6.07) is 12.0. The van der Waals surface area contributed by atoms with Crippen molar-refractivity contribution in [1.82, 2.24) is 0 Å². The SMILES string of the molecule is CCOc1cc(C2C3=C(CC(C)(C)CC3=O)OC3=C2C(=O)CC(C)(C)C3)ccc1OC(=O)c1cccc(OC)c1. The molecule has 1 heterocycles. The fraction of sp³-hybridized carbons (Fsp3) is 0.424. The van der Waals surface area contributed by atoms with Crippen LogP contribution in [-0.2, 0) is 14.3 Å². The molecule has 1 aliphatic heterocycles. The van der Waals surface area contributed by atoms with Crippen LogP contribution in [0.2, 0.25) is 0 Å². The van der Waals surface area contributed by atoms with Crippen molar-refractivity contribution in [3.05, 3.63) is 76.3 Å². The van der Waals surface area contributed by atoms with Gasteiger partial charge in [-0.2, -0.15) is 0 Å². The Morgan fingerprint density at radius 3 is 2.08 bits per heavy atom. The maximum absolute atomic E-state index is 13.6. The summed E-state index contributed by atoms with van der Waals surface area (Å²) in [5, 5.41) is 0. The lowest BCUT2D eigenvalue weighted by molar-refractivity contribution is -0.120. The zero-order valence-electron chi connectivity index (χ0n) is 24.0. The van der Waals surface area contributed by atoms with Crippen LogP contribution >= 0.6 is 0 Å². The van der Waals surface area contributed by atoms with Crippen molar-refractivity contribution in [2.45, 2.75) is 66.2 Å². The van der Waals surface area contributed by atoms with Crippen molar-refractivity contribution in [1.29, 1.82) is 0 Å². The number of rotatable bonds is 6. The minimum absolute atomic E-state index is 0.00748. The van der Waals surface area contributed by atoms with Crippen LogP contribution in [0.3, 0.4) is 0 Å². The van der Waals surface area contributed by atoms with Crippen molar-refractivity contribution in [2.75, 3.05) is 13.7 Å². The van der Waals surface area contributed by atoms with E-state index in [2.05, 4.69) is 27.7 Å². The Bertz CT molecular complexity index is 1400. The molecule has 0 atom stereocenters. The molecule has 7 heteroatoms. The molecule has 0 saturated carbocycles. The van der Waals surface area contributed by atoms with Crippen LogP contribution in [0.5, 0.6) is 17.2 Å². The van der Waals surface area contributed by atoms with Crippen molar-refractivity contribution in [2.24, 2.45) is 10.8 Å². The highest BCUT2D eigenvalue weighted by atomic mass is 16.6. The highest BCUT2D eigenvalue weighted by Gasteiger charge is 2.48. The predicted octanol–water partition coefficient (Wildman–Crippen LogP) is 6.71. The van der Waals surface area contributed by atoms with Gasteiger partial charge in [-0.05, 0) is 53.6 Å². The van der Waals surface area contributed by atoms with E-state index in [0.717, 1.165) is 5.56 Å². The summed E-state index contributed by atoms with van der Waals surface area (Å²) < 4.78 is 23.3. The molecule has 3 aliphatic rings. The Morgan fingerprint density at radius 2 is 1.50 bits per heavy atom. The number of carbonyl (C=O) groups is 3. The van der Waals surface area contributed by atoms with E-state index < -0.39 is 11.9 Å². The van der Waals surface area contributed by atoms with E-state index in [0.29, 0.717) is 72.0 Å². The summed E-state index contributed by atoms with van der Waals surface area (Å²) in [7, 11) is 1.53. The fourth-order valence-corrected chi connectivity index (χ4v) is 5.97. The fourth-order valence-electron chi connectivity index (χ4n) is 5.97. The van der Waals surface area contributed by atoms with Gasteiger partial charge >= 0.3 is 5.97 Å². The smallest absolute Gasteiger partial charge is 0.343 e. The third-order valence-electron chi connectivity index (χ3n) is 7.69. The van der Waals surface area contributed by atoms with E-state index in [9.17, 15) is 14.4 Å². The first-order chi connectivity index (χ1) is 18.9. The van der Waals surface area contributed by atoms with E-state index in [-0.39, 0.29) is 28.1 Å². The second-order valence-electron chi connectivity index (χ2n) is 12.4.